The molecule has 0 radical (unpaired) electrons. The zero-order chi connectivity index (χ0) is 20.8. The summed E-state index contributed by atoms with van der Waals surface area (Å²) >= 11 is 11.8. The van der Waals surface area contributed by atoms with Crippen molar-refractivity contribution in [3.05, 3.63) is 63.8 Å². The minimum atomic E-state index is -4.17. The predicted octanol–water partition coefficient (Wildman–Crippen LogP) is 5.47. The van der Waals surface area contributed by atoms with Crippen LogP contribution >= 0.6 is 23.2 Å². The molecular weight excluding hydrogens is 443 g/mol. The molecule has 3 aromatic rings. The molecule has 2 aromatic carbocycles. The van der Waals surface area contributed by atoms with Crippen molar-refractivity contribution in [2.75, 3.05) is 6.26 Å². The fourth-order valence-electron chi connectivity index (χ4n) is 2.59. The van der Waals surface area contributed by atoms with Crippen LogP contribution in [0.4, 0.5) is 17.6 Å². The van der Waals surface area contributed by atoms with Crippen LogP contribution < -0.4 is 0 Å². The standard InChI is InChI=1S/C17H10Cl2F4N2O2S/c1-28(26,27)16-12(20)4-8(5-13(16)21)15-7-14(17(22)23)24-25(15)9-2-3-10(18)11(19)6-9/h2-7,17H,1H3. The average molecular weight is 453 g/mol. The van der Waals surface area contributed by atoms with E-state index in [4.69, 9.17) is 23.2 Å². The van der Waals surface area contributed by atoms with Crippen LogP contribution in [0.25, 0.3) is 16.9 Å². The first kappa shape index (κ1) is 20.6. The summed E-state index contributed by atoms with van der Waals surface area (Å²) in [5.41, 5.74) is -0.710. The highest BCUT2D eigenvalue weighted by molar-refractivity contribution is 7.90. The molecular formula is C17H10Cl2F4N2O2S. The lowest BCUT2D eigenvalue weighted by molar-refractivity contribution is 0.145. The van der Waals surface area contributed by atoms with Crippen LogP contribution in [-0.4, -0.2) is 24.5 Å². The molecule has 1 heterocycles. The summed E-state index contributed by atoms with van der Waals surface area (Å²) in [6, 6.07) is 6.59. The van der Waals surface area contributed by atoms with E-state index in [-0.39, 0.29) is 27.0 Å². The van der Waals surface area contributed by atoms with Gasteiger partial charge in [0.05, 0.1) is 21.4 Å². The van der Waals surface area contributed by atoms with Gasteiger partial charge < -0.3 is 0 Å². The van der Waals surface area contributed by atoms with Crippen LogP contribution in [-0.2, 0) is 9.84 Å². The van der Waals surface area contributed by atoms with Gasteiger partial charge in [0.25, 0.3) is 6.43 Å². The monoisotopic (exact) mass is 452 g/mol. The van der Waals surface area contributed by atoms with Gasteiger partial charge in [0.15, 0.2) is 9.84 Å². The Bertz CT molecular complexity index is 1160. The number of rotatable bonds is 4. The average Bonchev–Trinajstić information content (AvgIpc) is 3.01. The molecule has 11 heteroatoms. The molecule has 28 heavy (non-hydrogen) atoms. The topological polar surface area (TPSA) is 52.0 Å². The molecule has 0 fully saturated rings. The van der Waals surface area contributed by atoms with E-state index in [2.05, 4.69) is 5.10 Å². The number of sulfone groups is 1. The number of alkyl halides is 2. The van der Waals surface area contributed by atoms with Gasteiger partial charge in [0, 0.05) is 11.8 Å². The summed E-state index contributed by atoms with van der Waals surface area (Å²) in [5.74, 6) is -2.70. The van der Waals surface area contributed by atoms with Crippen molar-refractivity contribution in [3.63, 3.8) is 0 Å². The second-order valence-corrected chi connectivity index (χ2v) is 8.57. The van der Waals surface area contributed by atoms with Crippen LogP contribution in [0.3, 0.4) is 0 Å². The van der Waals surface area contributed by atoms with Crippen molar-refractivity contribution >= 4 is 33.0 Å². The molecule has 0 saturated heterocycles. The van der Waals surface area contributed by atoms with Gasteiger partial charge in [-0.1, -0.05) is 23.2 Å². The van der Waals surface area contributed by atoms with Crippen LogP contribution in [0, 0.1) is 11.6 Å². The fraction of sp³-hybridized carbons (Fsp3) is 0.118. The summed E-state index contributed by atoms with van der Waals surface area (Å²) in [5, 5.41) is 4.09. The predicted molar refractivity (Wildman–Crippen MR) is 97.0 cm³/mol. The van der Waals surface area contributed by atoms with Gasteiger partial charge in [0.1, 0.15) is 22.2 Å². The van der Waals surface area contributed by atoms with E-state index in [1.807, 2.05) is 0 Å². The SMILES string of the molecule is CS(=O)(=O)c1c(F)cc(-c2cc(C(F)F)nn2-c2ccc(Cl)c(Cl)c2)cc1F. The van der Waals surface area contributed by atoms with Crippen molar-refractivity contribution in [2.45, 2.75) is 11.3 Å². The van der Waals surface area contributed by atoms with Gasteiger partial charge in [-0.25, -0.2) is 30.7 Å². The van der Waals surface area contributed by atoms with E-state index in [9.17, 15) is 26.0 Å². The van der Waals surface area contributed by atoms with Crippen LogP contribution in [0.15, 0.2) is 41.3 Å². The Morgan fingerprint density at radius 2 is 1.61 bits per heavy atom. The highest BCUT2D eigenvalue weighted by atomic mass is 35.5. The molecule has 0 amide bonds. The van der Waals surface area contributed by atoms with Gasteiger partial charge in [-0.3, -0.25) is 0 Å². The third-order valence-electron chi connectivity index (χ3n) is 3.76. The van der Waals surface area contributed by atoms with E-state index < -0.39 is 38.5 Å². The molecule has 0 bridgehead atoms. The van der Waals surface area contributed by atoms with Gasteiger partial charge in [0.2, 0.25) is 0 Å². The zero-order valence-corrected chi connectivity index (χ0v) is 16.3. The maximum atomic E-state index is 14.3. The van der Waals surface area contributed by atoms with E-state index in [0.29, 0.717) is 6.26 Å². The van der Waals surface area contributed by atoms with Gasteiger partial charge in [-0.15, -0.1) is 0 Å². The van der Waals surface area contributed by atoms with Crippen LogP contribution in [0.5, 0.6) is 0 Å². The fourth-order valence-corrected chi connectivity index (χ4v) is 3.71. The second-order valence-electron chi connectivity index (χ2n) is 5.81. The van der Waals surface area contributed by atoms with Gasteiger partial charge in [-0.2, -0.15) is 5.10 Å². The van der Waals surface area contributed by atoms with Crippen molar-refractivity contribution in [1.82, 2.24) is 9.78 Å². The maximum absolute atomic E-state index is 14.3. The summed E-state index contributed by atoms with van der Waals surface area (Å²) in [6.45, 7) is 0. The van der Waals surface area contributed by atoms with Crippen molar-refractivity contribution in [3.8, 4) is 16.9 Å². The molecule has 0 saturated carbocycles. The molecule has 4 nitrogen and oxygen atoms in total. The number of halogens is 6. The summed E-state index contributed by atoms with van der Waals surface area (Å²) < 4.78 is 79.0. The molecule has 0 aliphatic carbocycles. The third-order valence-corrected chi connectivity index (χ3v) is 5.64. The maximum Gasteiger partial charge on any atom is 0.282 e. The number of hydrogen-bond donors (Lipinski definition) is 0. The lowest BCUT2D eigenvalue weighted by Crippen LogP contribution is -2.06. The smallest absolute Gasteiger partial charge is 0.233 e. The van der Waals surface area contributed by atoms with E-state index in [1.165, 1.54) is 18.2 Å². The Hall–Kier alpha value is -2.10. The lowest BCUT2D eigenvalue weighted by Gasteiger charge is -2.10. The number of hydrogen-bond acceptors (Lipinski definition) is 3. The summed E-state index contributed by atoms with van der Waals surface area (Å²) in [6.07, 6.45) is -2.30. The van der Waals surface area contributed by atoms with Crippen LogP contribution in [0.1, 0.15) is 12.1 Å². The number of nitrogens with zero attached hydrogens (tertiary/aromatic N) is 2. The Balaban J connectivity index is 2.26. The number of benzene rings is 2. The molecule has 1 aromatic heterocycles. The largest absolute Gasteiger partial charge is 0.282 e. The molecule has 0 aliphatic heterocycles. The van der Waals surface area contributed by atoms with E-state index in [1.54, 1.807) is 0 Å². The second kappa shape index (κ2) is 7.38. The van der Waals surface area contributed by atoms with Gasteiger partial charge >= 0.3 is 0 Å². The van der Waals surface area contributed by atoms with Crippen molar-refractivity contribution < 1.29 is 26.0 Å². The first-order valence-corrected chi connectivity index (χ1v) is 10.2. The third kappa shape index (κ3) is 3.87. The zero-order valence-electron chi connectivity index (χ0n) is 13.9. The first-order chi connectivity index (χ1) is 13.0. The normalized spacial score (nSPS) is 12.0. The quantitative estimate of drug-likeness (QED) is 0.493. The van der Waals surface area contributed by atoms with E-state index >= 15 is 0 Å². The highest BCUT2D eigenvalue weighted by Gasteiger charge is 2.24. The van der Waals surface area contributed by atoms with Crippen molar-refractivity contribution in [2.24, 2.45) is 0 Å². The molecule has 3 rings (SSSR count). The molecule has 0 spiro atoms. The van der Waals surface area contributed by atoms with E-state index in [0.717, 1.165) is 22.9 Å². The Kier molecular flexibility index (Phi) is 5.44. The Morgan fingerprint density at radius 3 is 2.11 bits per heavy atom. The molecule has 0 atom stereocenters. The molecule has 0 aliphatic rings. The lowest BCUT2D eigenvalue weighted by atomic mass is 10.1. The van der Waals surface area contributed by atoms with Gasteiger partial charge in [-0.05, 0) is 36.4 Å². The molecule has 148 valence electrons. The number of aromatic nitrogens is 2. The molecule has 0 unspecified atom stereocenters. The Morgan fingerprint density at radius 1 is 1.00 bits per heavy atom. The highest BCUT2D eigenvalue weighted by Crippen LogP contribution is 2.33. The van der Waals surface area contributed by atoms with Crippen LogP contribution in [0.2, 0.25) is 10.0 Å². The minimum absolute atomic E-state index is 0.0912. The molecule has 0 N–H and O–H groups in total. The van der Waals surface area contributed by atoms with Crippen molar-refractivity contribution in [1.29, 1.82) is 0 Å². The summed E-state index contributed by atoms with van der Waals surface area (Å²) in [7, 11) is -4.17. The minimum Gasteiger partial charge on any atom is -0.233 e. The Labute approximate surface area is 167 Å². The first-order valence-electron chi connectivity index (χ1n) is 7.52. The summed E-state index contributed by atoms with van der Waals surface area (Å²) in [4.78, 5) is -1.11.